The number of aryl methyl sites for hydroxylation is 1. The van der Waals surface area contributed by atoms with Gasteiger partial charge in [-0.25, -0.2) is 4.98 Å². The normalized spacial score (nSPS) is 22.7. The van der Waals surface area contributed by atoms with Gasteiger partial charge in [-0.2, -0.15) is 0 Å². The maximum atomic E-state index is 4.55. The monoisotopic (exact) mass is 288 g/mol. The zero-order chi connectivity index (χ0) is 14.7. The Morgan fingerprint density at radius 1 is 1.05 bits per heavy atom. The van der Waals surface area contributed by atoms with E-state index in [4.69, 9.17) is 0 Å². The van der Waals surface area contributed by atoms with Crippen molar-refractivity contribution in [2.24, 2.45) is 5.92 Å². The molecule has 0 atom stereocenters. The van der Waals surface area contributed by atoms with Crippen LogP contribution in [0.3, 0.4) is 0 Å². The predicted octanol–water partition coefficient (Wildman–Crippen LogP) is 1.85. The standard InChI is InChI=1S/C17H28N4/c1-15-3-4-17(18-13-15)21-11-9-20(10-12-21)14-16-5-7-19(2)8-6-16/h3-4,13,16H,5-12,14H2,1-2H3. The Morgan fingerprint density at radius 2 is 1.76 bits per heavy atom. The molecule has 3 heterocycles. The molecular weight excluding hydrogens is 260 g/mol. The van der Waals surface area contributed by atoms with Gasteiger partial charge in [-0.15, -0.1) is 0 Å². The minimum atomic E-state index is 0.908. The lowest BCUT2D eigenvalue weighted by Gasteiger charge is -2.38. The van der Waals surface area contributed by atoms with Crippen molar-refractivity contribution in [3.8, 4) is 0 Å². The topological polar surface area (TPSA) is 22.6 Å². The molecule has 0 aliphatic carbocycles. The first kappa shape index (κ1) is 14.8. The molecule has 2 fully saturated rings. The fraction of sp³-hybridized carbons (Fsp3) is 0.706. The number of hydrogen-bond donors (Lipinski definition) is 0. The smallest absolute Gasteiger partial charge is 0.128 e. The second-order valence-electron chi connectivity index (χ2n) is 6.73. The molecule has 0 bridgehead atoms. The van der Waals surface area contributed by atoms with Crippen LogP contribution < -0.4 is 4.90 Å². The Morgan fingerprint density at radius 3 is 2.38 bits per heavy atom. The molecule has 116 valence electrons. The molecule has 1 aromatic heterocycles. The first-order chi connectivity index (χ1) is 10.2. The van der Waals surface area contributed by atoms with E-state index in [2.05, 4.69) is 45.8 Å². The van der Waals surface area contributed by atoms with Gasteiger partial charge in [-0.05, 0) is 57.5 Å². The lowest BCUT2D eigenvalue weighted by Crippen LogP contribution is -2.49. The van der Waals surface area contributed by atoms with E-state index >= 15 is 0 Å². The highest BCUT2D eigenvalue weighted by atomic mass is 15.3. The molecule has 3 rings (SSSR count). The van der Waals surface area contributed by atoms with E-state index in [0.717, 1.165) is 24.8 Å². The molecule has 0 N–H and O–H groups in total. The van der Waals surface area contributed by atoms with Crippen molar-refractivity contribution in [2.75, 3.05) is 57.8 Å². The van der Waals surface area contributed by atoms with Gasteiger partial charge in [0.25, 0.3) is 0 Å². The Labute approximate surface area is 128 Å². The van der Waals surface area contributed by atoms with E-state index < -0.39 is 0 Å². The second-order valence-corrected chi connectivity index (χ2v) is 6.73. The Kier molecular flexibility index (Phi) is 4.76. The van der Waals surface area contributed by atoms with Crippen LogP contribution in [0.4, 0.5) is 5.82 Å². The number of piperidine rings is 1. The van der Waals surface area contributed by atoms with Crippen LogP contribution in [0.5, 0.6) is 0 Å². The number of pyridine rings is 1. The zero-order valence-electron chi connectivity index (χ0n) is 13.5. The second kappa shape index (κ2) is 6.75. The number of anilines is 1. The summed E-state index contributed by atoms with van der Waals surface area (Å²) >= 11 is 0. The summed E-state index contributed by atoms with van der Waals surface area (Å²) < 4.78 is 0. The first-order valence-electron chi connectivity index (χ1n) is 8.29. The maximum absolute atomic E-state index is 4.55. The molecule has 21 heavy (non-hydrogen) atoms. The molecule has 0 saturated carbocycles. The first-order valence-corrected chi connectivity index (χ1v) is 8.29. The summed E-state index contributed by atoms with van der Waals surface area (Å²) in [5.74, 6) is 2.05. The van der Waals surface area contributed by atoms with Gasteiger partial charge < -0.3 is 9.80 Å². The molecule has 0 radical (unpaired) electrons. The molecule has 2 aliphatic heterocycles. The fourth-order valence-corrected chi connectivity index (χ4v) is 3.42. The van der Waals surface area contributed by atoms with Crippen LogP contribution in [0.15, 0.2) is 18.3 Å². The van der Waals surface area contributed by atoms with Crippen LogP contribution >= 0.6 is 0 Å². The van der Waals surface area contributed by atoms with E-state index in [1.165, 1.54) is 51.1 Å². The average molecular weight is 288 g/mol. The van der Waals surface area contributed by atoms with Gasteiger partial charge in [0.15, 0.2) is 0 Å². The van der Waals surface area contributed by atoms with Gasteiger partial charge in [0.1, 0.15) is 5.82 Å². The molecular formula is C17H28N4. The third kappa shape index (κ3) is 3.95. The van der Waals surface area contributed by atoms with Gasteiger partial charge in [0.05, 0.1) is 0 Å². The molecule has 2 aliphatic rings. The van der Waals surface area contributed by atoms with Crippen LogP contribution in [0, 0.1) is 12.8 Å². The number of aromatic nitrogens is 1. The number of rotatable bonds is 3. The highest BCUT2D eigenvalue weighted by Crippen LogP contribution is 2.19. The van der Waals surface area contributed by atoms with Crippen LogP contribution in [0.2, 0.25) is 0 Å². The summed E-state index contributed by atoms with van der Waals surface area (Å²) in [6.45, 7) is 10.5. The highest BCUT2D eigenvalue weighted by Gasteiger charge is 2.23. The van der Waals surface area contributed by atoms with Crippen LogP contribution in [-0.4, -0.2) is 67.6 Å². The minimum Gasteiger partial charge on any atom is -0.354 e. The van der Waals surface area contributed by atoms with Crippen molar-refractivity contribution in [1.82, 2.24) is 14.8 Å². The fourth-order valence-electron chi connectivity index (χ4n) is 3.42. The van der Waals surface area contributed by atoms with Crippen molar-refractivity contribution in [2.45, 2.75) is 19.8 Å². The molecule has 1 aromatic rings. The lowest BCUT2D eigenvalue weighted by molar-refractivity contribution is 0.155. The van der Waals surface area contributed by atoms with E-state index in [0.29, 0.717) is 0 Å². The van der Waals surface area contributed by atoms with E-state index in [1.807, 2.05) is 6.20 Å². The number of piperazine rings is 1. The van der Waals surface area contributed by atoms with Crippen molar-refractivity contribution >= 4 is 5.82 Å². The van der Waals surface area contributed by atoms with E-state index in [-0.39, 0.29) is 0 Å². The summed E-state index contributed by atoms with van der Waals surface area (Å²) in [5.41, 5.74) is 1.24. The number of likely N-dealkylation sites (tertiary alicyclic amines) is 1. The molecule has 4 nitrogen and oxygen atoms in total. The summed E-state index contributed by atoms with van der Waals surface area (Å²) in [5, 5.41) is 0. The molecule has 0 amide bonds. The lowest BCUT2D eigenvalue weighted by atomic mass is 9.96. The summed E-state index contributed by atoms with van der Waals surface area (Å²) in [6, 6.07) is 4.31. The maximum Gasteiger partial charge on any atom is 0.128 e. The zero-order valence-corrected chi connectivity index (χ0v) is 13.5. The van der Waals surface area contributed by atoms with Gasteiger partial charge in [0.2, 0.25) is 0 Å². The summed E-state index contributed by atoms with van der Waals surface area (Å²) in [4.78, 5) is 12.1. The Bertz CT molecular complexity index is 429. The Hall–Kier alpha value is -1.13. The largest absolute Gasteiger partial charge is 0.354 e. The predicted molar refractivity (Wildman–Crippen MR) is 87.8 cm³/mol. The van der Waals surface area contributed by atoms with Gasteiger partial charge in [-0.3, -0.25) is 4.90 Å². The average Bonchev–Trinajstić information content (AvgIpc) is 2.51. The van der Waals surface area contributed by atoms with Crippen LogP contribution in [-0.2, 0) is 0 Å². The molecule has 0 unspecified atom stereocenters. The van der Waals surface area contributed by atoms with E-state index in [9.17, 15) is 0 Å². The molecule has 0 aromatic carbocycles. The van der Waals surface area contributed by atoms with E-state index in [1.54, 1.807) is 0 Å². The number of hydrogen-bond acceptors (Lipinski definition) is 4. The summed E-state index contributed by atoms with van der Waals surface area (Å²) in [6.07, 6.45) is 4.71. The van der Waals surface area contributed by atoms with Gasteiger partial charge >= 0.3 is 0 Å². The highest BCUT2D eigenvalue weighted by molar-refractivity contribution is 5.39. The third-order valence-electron chi connectivity index (χ3n) is 4.95. The minimum absolute atomic E-state index is 0.908. The quantitative estimate of drug-likeness (QED) is 0.846. The van der Waals surface area contributed by atoms with Gasteiger partial charge in [0, 0.05) is 38.9 Å². The Balaban J connectivity index is 1.45. The van der Waals surface area contributed by atoms with Crippen molar-refractivity contribution in [3.63, 3.8) is 0 Å². The van der Waals surface area contributed by atoms with Crippen molar-refractivity contribution < 1.29 is 0 Å². The van der Waals surface area contributed by atoms with Crippen LogP contribution in [0.1, 0.15) is 18.4 Å². The third-order valence-corrected chi connectivity index (χ3v) is 4.95. The van der Waals surface area contributed by atoms with Gasteiger partial charge in [-0.1, -0.05) is 6.07 Å². The summed E-state index contributed by atoms with van der Waals surface area (Å²) in [7, 11) is 2.24. The SMILES string of the molecule is Cc1ccc(N2CCN(CC3CCN(C)CC3)CC2)nc1. The van der Waals surface area contributed by atoms with Crippen LogP contribution in [0.25, 0.3) is 0 Å². The molecule has 0 spiro atoms. The number of nitrogens with zero attached hydrogens (tertiary/aromatic N) is 4. The molecule has 4 heteroatoms. The van der Waals surface area contributed by atoms with Crippen molar-refractivity contribution in [1.29, 1.82) is 0 Å². The van der Waals surface area contributed by atoms with Crippen molar-refractivity contribution in [3.05, 3.63) is 23.9 Å². The molecule has 2 saturated heterocycles.